The van der Waals surface area contributed by atoms with Crippen LogP contribution in [0.4, 0.5) is 5.69 Å². The van der Waals surface area contributed by atoms with Crippen molar-refractivity contribution in [2.24, 2.45) is 0 Å². The van der Waals surface area contributed by atoms with Crippen LogP contribution in [0.1, 0.15) is 44.1 Å². The molecule has 2 N–H and O–H groups in total. The molecular weight excluding hydrogens is 408 g/mol. The van der Waals surface area contributed by atoms with Crippen molar-refractivity contribution in [2.45, 2.75) is 50.7 Å². The number of rotatable bonds is 7. The number of para-hydroxylation sites is 1. The van der Waals surface area contributed by atoms with E-state index in [2.05, 4.69) is 16.4 Å². The monoisotopic (exact) mass is 434 g/mol. The number of aryl methyl sites for hydroxylation is 1. The molecule has 1 fully saturated rings. The van der Waals surface area contributed by atoms with Crippen molar-refractivity contribution in [2.75, 3.05) is 11.9 Å². The molecule has 3 aromatic rings. The highest BCUT2D eigenvalue weighted by Crippen LogP contribution is 2.47. The maximum absolute atomic E-state index is 12.2. The van der Waals surface area contributed by atoms with E-state index in [0.717, 1.165) is 37.6 Å². The lowest BCUT2D eigenvalue weighted by Crippen LogP contribution is -2.34. The van der Waals surface area contributed by atoms with Crippen LogP contribution in [0.15, 0.2) is 48.7 Å². The van der Waals surface area contributed by atoms with Gasteiger partial charge in [-0.25, -0.2) is 0 Å². The molecule has 1 aromatic heterocycles. The van der Waals surface area contributed by atoms with Crippen molar-refractivity contribution in [3.05, 3.63) is 54.2 Å². The van der Waals surface area contributed by atoms with Crippen LogP contribution in [0.3, 0.4) is 0 Å². The van der Waals surface area contributed by atoms with Crippen molar-refractivity contribution in [3.63, 3.8) is 0 Å². The van der Waals surface area contributed by atoms with Gasteiger partial charge < -0.3 is 24.5 Å². The Morgan fingerprint density at radius 1 is 1.06 bits per heavy atom. The number of ether oxygens (including phenoxy) is 3. The van der Waals surface area contributed by atoms with E-state index in [0.29, 0.717) is 23.6 Å². The number of benzene rings is 2. The van der Waals surface area contributed by atoms with E-state index in [9.17, 15) is 9.59 Å². The fourth-order valence-corrected chi connectivity index (χ4v) is 4.47. The summed E-state index contributed by atoms with van der Waals surface area (Å²) in [6, 6.07) is 13.4. The zero-order chi connectivity index (χ0) is 22.0. The molecule has 166 valence electrons. The number of carbonyl (C=O) groups is 2. The van der Waals surface area contributed by atoms with Gasteiger partial charge in [-0.1, -0.05) is 18.2 Å². The molecule has 2 heterocycles. The molecule has 0 bridgehead atoms. The molecule has 1 amide bonds. The second-order valence-electron chi connectivity index (χ2n) is 8.41. The number of aromatic amines is 1. The number of fused-ring (bicyclic) bond motifs is 2. The van der Waals surface area contributed by atoms with Gasteiger partial charge in [0, 0.05) is 48.1 Å². The summed E-state index contributed by atoms with van der Waals surface area (Å²) in [7, 11) is 0. The average Bonchev–Trinajstić information content (AvgIpc) is 3.51. The smallest absolute Gasteiger partial charge is 0.306 e. The number of nitrogens with one attached hydrogen (secondary N) is 2. The van der Waals surface area contributed by atoms with E-state index in [-0.39, 0.29) is 24.9 Å². The van der Waals surface area contributed by atoms with Crippen LogP contribution in [0, 0.1) is 0 Å². The first-order chi connectivity index (χ1) is 15.6. The first kappa shape index (κ1) is 20.4. The van der Waals surface area contributed by atoms with E-state index >= 15 is 0 Å². The fraction of sp³-hybridized carbons (Fsp3) is 0.360. The third-order valence-electron chi connectivity index (χ3n) is 6.05. The number of amides is 1. The van der Waals surface area contributed by atoms with Crippen molar-refractivity contribution in [1.82, 2.24) is 4.98 Å². The van der Waals surface area contributed by atoms with Crippen LogP contribution in [0.5, 0.6) is 11.5 Å². The minimum Gasteiger partial charge on any atom is -0.456 e. The molecule has 1 spiro atoms. The molecule has 5 rings (SSSR count). The van der Waals surface area contributed by atoms with E-state index in [4.69, 9.17) is 14.2 Å². The standard InChI is InChI=1S/C25H26N2O5/c28-23(27-18-10-11-21-22(14-18)32-25(31-21)12-3-4-13-25)16-30-24(29)9-5-6-17-15-26-20-8-2-1-7-19(17)20/h1-2,7-8,10-11,14-15,26H,3-6,9,12-13,16H2,(H,27,28). The number of H-pyrrole nitrogens is 1. The normalized spacial score (nSPS) is 15.9. The predicted molar refractivity (Wildman–Crippen MR) is 120 cm³/mol. The van der Waals surface area contributed by atoms with E-state index < -0.39 is 5.79 Å². The Labute approximate surface area is 186 Å². The Balaban J connectivity index is 1.06. The molecule has 7 heteroatoms. The molecule has 32 heavy (non-hydrogen) atoms. The molecule has 0 unspecified atom stereocenters. The molecule has 0 radical (unpaired) electrons. The van der Waals surface area contributed by atoms with Gasteiger partial charge in [-0.2, -0.15) is 0 Å². The van der Waals surface area contributed by atoms with Crippen molar-refractivity contribution in [3.8, 4) is 11.5 Å². The van der Waals surface area contributed by atoms with Gasteiger partial charge >= 0.3 is 5.97 Å². The van der Waals surface area contributed by atoms with E-state index in [1.165, 1.54) is 10.9 Å². The first-order valence-corrected chi connectivity index (χ1v) is 11.1. The molecule has 0 saturated heterocycles. The lowest BCUT2D eigenvalue weighted by Gasteiger charge is -2.21. The average molecular weight is 434 g/mol. The highest BCUT2D eigenvalue weighted by Gasteiger charge is 2.44. The summed E-state index contributed by atoms with van der Waals surface area (Å²) < 4.78 is 17.1. The number of anilines is 1. The lowest BCUT2D eigenvalue weighted by atomic mass is 10.1. The minimum absolute atomic E-state index is 0.263. The maximum atomic E-state index is 12.2. The first-order valence-electron chi connectivity index (χ1n) is 11.1. The highest BCUT2D eigenvalue weighted by molar-refractivity contribution is 5.93. The lowest BCUT2D eigenvalue weighted by molar-refractivity contribution is -0.147. The second-order valence-corrected chi connectivity index (χ2v) is 8.41. The third-order valence-corrected chi connectivity index (χ3v) is 6.05. The summed E-state index contributed by atoms with van der Waals surface area (Å²) in [5, 5.41) is 3.92. The topological polar surface area (TPSA) is 89.7 Å². The van der Waals surface area contributed by atoms with Crippen molar-refractivity contribution < 1.29 is 23.8 Å². The summed E-state index contributed by atoms with van der Waals surface area (Å²) in [5.74, 6) is 0.0384. The molecular formula is C25H26N2O5. The molecule has 1 saturated carbocycles. The van der Waals surface area contributed by atoms with E-state index in [1.54, 1.807) is 18.2 Å². The van der Waals surface area contributed by atoms with Crippen LogP contribution in [0.25, 0.3) is 10.9 Å². The Kier molecular flexibility index (Phi) is 5.47. The number of hydrogen-bond donors (Lipinski definition) is 2. The number of hydrogen-bond acceptors (Lipinski definition) is 5. The van der Waals surface area contributed by atoms with Crippen LogP contribution < -0.4 is 14.8 Å². The summed E-state index contributed by atoms with van der Waals surface area (Å²) in [4.78, 5) is 27.5. The largest absolute Gasteiger partial charge is 0.456 e. The van der Waals surface area contributed by atoms with Gasteiger partial charge in [-0.3, -0.25) is 9.59 Å². The second kappa shape index (κ2) is 8.57. The van der Waals surface area contributed by atoms with Gasteiger partial charge in [0.25, 0.3) is 11.7 Å². The molecule has 1 aliphatic carbocycles. The Hall–Kier alpha value is -3.48. The van der Waals surface area contributed by atoms with Crippen molar-refractivity contribution in [1.29, 1.82) is 0 Å². The van der Waals surface area contributed by atoms with Gasteiger partial charge in [0.05, 0.1) is 0 Å². The highest BCUT2D eigenvalue weighted by atomic mass is 16.7. The molecule has 0 atom stereocenters. The minimum atomic E-state index is -0.535. The van der Waals surface area contributed by atoms with Gasteiger partial charge in [0.2, 0.25) is 0 Å². The molecule has 2 aliphatic rings. The van der Waals surface area contributed by atoms with Gasteiger partial charge in [-0.05, 0) is 49.4 Å². The van der Waals surface area contributed by atoms with E-state index in [1.807, 2.05) is 24.4 Å². The van der Waals surface area contributed by atoms with Gasteiger partial charge in [0.15, 0.2) is 18.1 Å². The summed E-state index contributed by atoms with van der Waals surface area (Å²) in [6.45, 7) is -0.315. The molecule has 1 aliphatic heterocycles. The quantitative estimate of drug-likeness (QED) is 0.526. The zero-order valence-electron chi connectivity index (χ0n) is 17.8. The van der Waals surface area contributed by atoms with Gasteiger partial charge in [-0.15, -0.1) is 0 Å². The maximum Gasteiger partial charge on any atom is 0.306 e. The Morgan fingerprint density at radius 2 is 1.88 bits per heavy atom. The summed E-state index contributed by atoms with van der Waals surface area (Å²) in [6.07, 6.45) is 7.59. The van der Waals surface area contributed by atoms with Crippen LogP contribution in [-0.4, -0.2) is 29.3 Å². The summed E-state index contributed by atoms with van der Waals surface area (Å²) in [5.41, 5.74) is 2.85. The summed E-state index contributed by atoms with van der Waals surface area (Å²) >= 11 is 0. The Morgan fingerprint density at radius 3 is 2.75 bits per heavy atom. The number of carbonyl (C=O) groups excluding carboxylic acids is 2. The predicted octanol–water partition coefficient (Wildman–Crippen LogP) is 4.71. The molecule has 2 aromatic carbocycles. The Bertz CT molecular complexity index is 1150. The van der Waals surface area contributed by atoms with Crippen molar-refractivity contribution >= 4 is 28.5 Å². The third kappa shape index (κ3) is 4.28. The van der Waals surface area contributed by atoms with Crippen LogP contribution in [0.2, 0.25) is 0 Å². The fourth-order valence-electron chi connectivity index (χ4n) is 4.47. The van der Waals surface area contributed by atoms with Crippen LogP contribution in [-0.2, 0) is 20.7 Å². The van der Waals surface area contributed by atoms with Crippen LogP contribution >= 0.6 is 0 Å². The zero-order valence-corrected chi connectivity index (χ0v) is 17.8. The molecule has 7 nitrogen and oxygen atoms in total. The number of aromatic nitrogens is 1. The SMILES string of the molecule is O=C(COC(=O)CCCc1c[nH]c2ccccc12)Nc1ccc2c(c1)OC1(CCCC1)O2. The number of esters is 1. The van der Waals surface area contributed by atoms with Gasteiger partial charge in [0.1, 0.15) is 0 Å².